The van der Waals surface area contributed by atoms with Crippen molar-refractivity contribution in [3.63, 3.8) is 0 Å². The fraction of sp³-hybridized carbons (Fsp3) is 0.643. The summed E-state index contributed by atoms with van der Waals surface area (Å²) in [6.07, 6.45) is 3.40. The van der Waals surface area contributed by atoms with Gasteiger partial charge in [-0.05, 0) is 40.5 Å². The predicted molar refractivity (Wildman–Crippen MR) is 80.3 cm³/mol. The van der Waals surface area contributed by atoms with Crippen LogP contribution in [0.5, 0.6) is 5.88 Å². The minimum atomic E-state index is -0.675. The maximum atomic E-state index is 11.2. The standard InChI is InChI=1S/C14H19BN2O5/c1-13(2)14(3,4)22-15(21-13)9-7-11(17(18)19)12(16-8-9)20-10-5-6-10/h7-8,10H,5-6H2,1-4H3. The van der Waals surface area contributed by atoms with Crippen LogP contribution >= 0.6 is 0 Å². The molecule has 1 saturated heterocycles. The van der Waals surface area contributed by atoms with Crippen molar-refractivity contribution in [3.05, 3.63) is 22.4 Å². The molecule has 118 valence electrons. The third-order valence-electron chi connectivity index (χ3n) is 4.38. The molecular weight excluding hydrogens is 287 g/mol. The molecule has 1 saturated carbocycles. The third-order valence-corrected chi connectivity index (χ3v) is 4.38. The molecule has 2 aliphatic rings. The number of pyridine rings is 1. The Bertz CT molecular complexity index is 599. The van der Waals surface area contributed by atoms with Crippen molar-refractivity contribution in [2.75, 3.05) is 0 Å². The number of aromatic nitrogens is 1. The van der Waals surface area contributed by atoms with E-state index in [-0.39, 0.29) is 17.7 Å². The fourth-order valence-electron chi connectivity index (χ4n) is 2.13. The largest absolute Gasteiger partial charge is 0.496 e. The minimum absolute atomic E-state index is 0.0499. The SMILES string of the molecule is CC1(C)OB(c2cnc(OC3CC3)c([N+](=O)[O-])c2)OC1(C)C. The molecule has 0 atom stereocenters. The van der Waals surface area contributed by atoms with Crippen molar-refractivity contribution >= 4 is 18.3 Å². The van der Waals surface area contributed by atoms with E-state index in [9.17, 15) is 10.1 Å². The number of ether oxygens (including phenoxy) is 1. The Kier molecular flexibility index (Phi) is 3.41. The summed E-state index contributed by atoms with van der Waals surface area (Å²) in [6, 6.07) is 1.42. The highest BCUT2D eigenvalue weighted by atomic mass is 16.7. The van der Waals surface area contributed by atoms with Gasteiger partial charge in [0.1, 0.15) is 6.10 Å². The van der Waals surface area contributed by atoms with E-state index in [1.165, 1.54) is 12.3 Å². The van der Waals surface area contributed by atoms with Crippen LogP contribution in [0.4, 0.5) is 5.69 Å². The Balaban J connectivity index is 1.89. The lowest BCUT2D eigenvalue weighted by Crippen LogP contribution is -2.41. The van der Waals surface area contributed by atoms with Crippen molar-refractivity contribution in [3.8, 4) is 5.88 Å². The summed E-state index contributed by atoms with van der Waals surface area (Å²) in [5.41, 5.74) is -0.641. The zero-order valence-corrected chi connectivity index (χ0v) is 13.2. The van der Waals surface area contributed by atoms with Crippen molar-refractivity contribution < 1.29 is 19.0 Å². The van der Waals surface area contributed by atoms with E-state index in [0.717, 1.165) is 12.8 Å². The minimum Gasteiger partial charge on any atom is -0.469 e. The Hall–Kier alpha value is -1.67. The van der Waals surface area contributed by atoms with Gasteiger partial charge >= 0.3 is 12.8 Å². The Labute approximate surface area is 129 Å². The van der Waals surface area contributed by atoms with Gasteiger partial charge in [-0.1, -0.05) is 0 Å². The van der Waals surface area contributed by atoms with Gasteiger partial charge in [0.2, 0.25) is 0 Å². The zero-order chi connectivity index (χ0) is 16.1. The maximum Gasteiger partial charge on any atom is 0.496 e. The van der Waals surface area contributed by atoms with E-state index in [1.54, 1.807) is 0 Å². The van der Waals surface area contributed by atoms with E-state index in [2.05, 4.69) is 4.98 Å². The van der Waals surface area contributed by atoms with Gasteiger partial charge in [-0.3, -0.25) is 10.1 Å². The van der Waals surface area contributed by atoms with Gasteiger partial charge in [0.05, 0.1) is 16.1 Å². The predicted octanol–water partition coefficient (Wildman–Crippen LogP) is 1.83. The Morgan fingerprint density at radius 2 is 1.91 bits per heavy atom. The van der Waals surface area contributed by atoms with Gasteiger partial charge in [0, 0.05) is 17.7 Å². The molecule has 0 N–H and O–H groups in total. The molecule has 2 heterocycles. The van der Waals surface area contributed by atoms with Crippen LogP contribution in [-0.4, -0.2) is 34.3 Å². The fourth-order valence-corrected chi connectivity index (χ4v) is 2.13. The van der Waals surface area contributed by atoms with Crippen LogP contribution in [0.3, 0.4) is 0 Å². The Morgan fingerprint density at radius 3 is 2.41 bits per heavy atom. The third kappa shape index (κ3) is 2.68. The highest BCUT2D eigenvalue weighted by Crippen LogP contribution is 2.37. The molecule has 0 unspecified atom stereocenters. The van der Waals surface area contributed by atoms with Gasteiger partial charge in [-0.15, -0.1) is 0 Å². The molecule has 2 fully saturated rings. The molecule has 0 spiro atoms. The smallest absolute Gasteiger partial charge is 0.469 e. The Morgan fingerprint density at radius 1 is 1.32 bits per heavy atom. The summed E-state index contributed by atoms with van der Waals surface area (Å²) < 4.78 is 17.3. The molecule has 7 nitrogen and oxygen atoms in total. The van der Waals surface area contributed by atoms with Crippen LogP contribution in [0.15, 0.2) is 12.3 Å². The second-order valence-corrected chi connectivity index (χ2v) is 6.76. The molecule has 8 heteroatoms. The first kappa shape index (κ1) is 15.2. The van der Waals surface area contributed by atoms with Crippen LogP contribution in [0, 0.1) is 10.1 Å². The second kappa shape index (κ2) is 4.92. The zero-order valence-electron chi connectivity index (χ0n) is 13.2. The van der Waals surface area contributed by atoms with Gasteiger partial charge in [0.15, 0.2) is 0 Å². The molecule has 1 aliphatic carbocycles. The van der Waals surface area contributed by atoms with Crippen LogP contribution in [0.1, 0.15) is 40.5 Å². The lowest BCUT2D eigenvalue weighted by atomic mass is 9.80. The van der Waals surface area contributed by atoms with Crippen molar-refractivity contribution in [2.24, 2.45) is 0 Å². The summed E-state index contributed by atoms with van der Waals surface area (Å²) in [5, 5.41) is 11.2. The summed E-state index contributed by atoms with van der Waals surface area (Å²) in [6.45, 7) is 7.72. The van der Waals surface area contributed by atoms with Crippen LogP contribution < -0.4 is 10.2 Å². The molecule has 0 radical (unpaired) electrons. The van der Waals surface area contributed by atoms with E-state index in [4.69, 9.17) is 14.0 Å². The average molecular weight is 306 g/mol. The summed E-state index contributed by atoms with van der Waals surface area (Å²) in [7, 11) is -0.675. The molecule has 0 amide bonds. The first-order valence-electron chi connectivity index (χ1n) is 7.36. The van der Waals surface area contributed by atoms with Crippen LogP contribution in [-0.2, 0) is 9.31 Å². The number of hydrogen-bond acceptors (Lipinski definition) is 6. The van der Waals surface area contributed by atoms with Gasteiger partial charge in [-0.25, -0.2) is 4.98 Å². The molecule has 0 bridgehead atoms. The summed E-state index contributed by atoms with van der Waals surface area (Å²) in [5.74, 6) is 0.0627. The number of rotatable bonds is 4. The normalized spacial score (nSPS) is 22.6. The van der Waals surface area contributed by atoms with E-state index in [1.807, 2.05) is 27.7 Å². The highest BCUT2D eigenvalue weighted by Gasteiger charge is 2.52. The van der Waals surface area contributed by atoms with Gasteiger partial charge < -0.3 is 14.0 Å². The monoisotopic (exact) mass is 306 g/mol. The van der Waals surface area contributed by atoms with Crippen LogP contribution in [0.25, 0.3) is 0 Å². The van der Waals surface area contributed by atoms with Gasteiger partial charge in [0.25, 0.3) is 5.88 Å². The van der Waals surface area contributed by atoms with E-state index in [0.29, 0.717) is 5.46 Å². The molecule has 22 heavy (non-hydrogen) atoms. The van der Waals surface area contributed by atoms with E-state index < -0.39 is 23.2 Å². The first-order valence-corrected chi connectivity index (χ1v) is 7.36. The van der Waals surface area contributed by atoms with Gasteiger partial charge in [-0.2, -0.15) is 0 Å². The number of nitrogens with zero attached hydrogens (tertiary/aromatic N) is 2. The number of hydrogen-bond donors (Lipinski definition) is 0. The lowest BCUT2D eigenvalue weighted by Gasteiger charge is -2.32. The van der Waals surface area contributed by atoms with E-state index >= 15 is 0 Å². The quantitative estimate of drug-likeness (QED) is 0.479. The topological polar surface area (TPSA) is 83.7 Å². The van der Waals surface area contributed by atoms with Crippen LogP contribution in [0.2, 0.25) is 0 Å². The molecule has 0 aromatic carbocycles. The summed E-state index contributed by atoms with van der Waals surface area (Å²) in [4.78, 5) is 14.9. The molecule has 3 rings (SSSR count). The lowest BCUT2D eigenvalue weighted by molar-refractivity contribution is -0.386. The highest BCUT2D eigenvalue weighted by molar-refractivity contribution is 6.62. The second-order valence-electron chi connectivity index (χ2n) is 6.76. The summed E-state index contributed by atoms with van der Waals surface area (Å²) >= 11 is 0. The maximum absolute atomic E-state index is 11.2. The first-order chi connectivity index (χ1) is 10.2. The molecule has 1 aliphatic heterocycles. The van der Waals surface area contributed by atoms with Crippen molar-refractivity contribution in [2.45, 2.75) is 57.8 Å². The molecule has 1 aromatic heterocycles. The average Bonchev–Trinajstić information content (AvgIpc) is 3.17. The molecular formula is C14H19BN2O5. The van der Waals surface area contributed by atoms with Crippen molar-refractivity contribution in [1.82, 2.24) is 4.98 Å². The molecule has 1 aromatic rings. The number of nitro groups is 1. The van der Waals surface area contributed by atoms with Crippen molar-refractivity contribution in [1.29, 1.82) is 0 Å².